The standard InChI is InChI=1S/C27H31N5O2.C27H26N4O2.C27H29N3O4S.C27H29N3O2/c1-15(2)24-28-14-22-23(27(34)29-13-21-16(3)12-17(4)30-26(21)33)19(6)32(25(22)31-24)18(5)20-10-8-7-9-11-20;1-16-13-17(2)30-26(32)23(16)15-29-27(33)25-19(4)31(24-12-8-7-11-22(24)25)18(3)21-10-6-5-9-20(21)14-28;1-16-14-17(2)29-26(31)23(16)15-28-27(32)25-19(4)30(24-9-7-6-8-22(24)25)18(3)20-10-12-21(13-11-20)35(5,33)34;1-16-9-8-10-21(13-16)19(4)30-20(5)25(22-11-6-7-12-24(22)30)27(32)28-15-23-17(2)14-18(3)29-26(23)31/h7-12,14-15,18H,13H2,1-6H3,(H,29,34)(H,30,33);5-13,18H,15H2,1-4H3,(H,29,33)(H,30,32);6-14,18H,15H2,1-5H3,(H,28,32)(H,29,31);6-14,19H,15H2,1-5H3,(H,28,32)(H,29,31)/t18-;;;/m1.../s1. The van der Waals surface area contributed by atoms with E-state index in [9.17, 15) is 52.0 Å². The number of aryl methyl sites for hydroxylation is 9. The van der Waals surface area contributed by atoms with Crippen LogP contribution in [0.5, 0.6) is 0 Å². The smallest absolute Gasteiger partial charge is 0.254 e. The van der Waals surface area contributed by atoms with Crippen molar-refractivity contribution in [2.45, 2.75) is 193 Å². The SMILES string of the molecule is Cc1cc(C)c(CNC(=O)c2c(C)n(C(C)c3ccc(S(C)(=O)=O)cc3)c3ccccc23)c(=O)[nH]1.Cc1cc(C)c(CNC(=O)c2c(C)n(C(C)c3ccccc3C#N)c3ccccc23)c(=O)[nH]1.Cc1cc(C)c(CNC(=O)c2c(C)n([C@H](C)c3ccccc3)c3nc(C(C)C)ncc23)c(=O)[nH]1.Cc1cccc(C(C)n2c(C)c(C(=O)NCc3c(C)cc(C)[nH]c3=O)c3ccccc32)c1. The van der Waals surface area contributed by atoms with Gasteiger partial charge in [0.2, 0.25) is 0 Å². The molecule has 134 heavy (non-hydrogen) atoms. The summed E-state index contributed by atoms with van der Waals surface area (Å²) < 4.78 is 32.2. The molecular weight excluding hydrogens is 1700 g/mol. The summed E-state index contributed by atoms with van der Waals surface area (Å²) in [6, 6.07) is 66.1. The molecule has 26 heteroatoms. The maximum Gasteiger partial charge on any atom is 0.254 e. The first kappa shape index (κ1) is 96.5. The number of aromatic nitrogens is 10. The monoisotopic (exact) mass is 1810 g/mol. The lowest BCUT2D eigenvalue weighted by atomic mass is 10.0. The topological polar surface area (TPSA) is 351 Å². The van der Waals surface area contributed by atoms with Gasteiger partial charge in [-0.3, -0.25) is 38.4 Å². The van der Waals surface area contributed by atoms with Crippen LogP contribution in [-0.4, -0.2) is 86.5 Å². The van der Waals surface area contributed by atoms with Crippen LogP contribution in [0.25, 0.3) is 43.7 Å². The highest BCUT2D eigenvalue weighted by atomic mass is 32.2. The third-order valence-corrected chi connectivity index (χ3v) is 26.4. The fourth-order valence-electron chi connectivity index (χ4n) is 18.4. The first-order valence-electron chi connectivity index (χ1n) is 44.7. The highest BCUT2D eigenvalue weighted by Gasteiger charge is 2.31. The van der Waals surface area contributed by atoms with Gasteiger partial charge in [0, 0.05) is 145 Å². The molecule has 688 valence electrons. The van der Waals surface area contributed by atoms with Gasteiger partial charge in [-0.25, -0.2) is 18.4 Å². The molecule has 0 fully saturated rings. The second-order valence-electron chi connectivity index (χ2n) is 35.1. The van der Waals surface area contributed by atoms with Gasteiger partial charge in [-0.2, -0.15) is 5.26 Å². The van der Waals surface area contributed by atoms with Crippen LogP contribution in [0, 0.1) is 101 Å². The molecule has 16 aromatic rings. The molecule has 0 aliphatic carbocycles. The van der Waals surface area contributed by atoms with Crippen molar-refractivity contribution < 1.29 is 27.6 Å². The third kappa shape index (κ3) is 20.3. The molecule has 9 aromatic heterocycles. The van der Waals surface area contributed by atoms with E-state index in [1.807, 2.05) is 230 Å². The summed E-state index contributed by atoms with van der Waals surface area (Å²) in [6.07, 6.45) is 2.93. The zero-order chi connectivity index (χ0) is 96.7. The Labute approximate surface area is 779 Å². The van der Waals surface area contributed by atoms with Gasteiger partial charge in [0.05, 0.1) is 68.3 Å². The van der Waals surface area contributed by atoms with Crippen molar-refractivity contribution in [2.75, 3.05) is 6.26 Å². The van der Waals surface area contributed by atoms with E-state index >= 15 is 0 Å². The summed E-state index contributed by atoms with van der Waals surface area (Å²) in [5.41, 5.74) is 23.3. The molecule has 0 bridgehead atoms. The molecule has 16 rings (SSSR count). The Kier molecular flexibility index (Phi) is 29.3. The van der Waals surface area contributed by atoms with Crippen molar-refractivity contribution in [3.05, 3.63) is 399 Å². The normalized spacial score (nSPS) is 12.2. The highest BCUT2D eigenvalue weighted by Crippen LogP contribution is 2.38. The van der Waals surface area contributed by atoms with Gasteiger partial charge >= 0.3 is 0 Å². The molecule has 4 atom stereocenters. The Morgan fingerprint density at radius 3 is 1.08 bits per heavy atom. The average molecular weight is 1820 g/mol. The third-order valence-electron chi connectivity index (χ3n) is 25.3. The van der Waals surface area contributed by atoms with Gasteiger partial charge in [-0.15, -0.1) is 0 Å². The Bertz CT molecular complexity index is 7660. The number of amides is 4. The molecule has 0 aliphatic heterocycles. The van der Waals surface area contributed by atoms with E-state index in [-0.39, 0.29) is 107 Å². The van der Waals surface area contributed by atoms with Crippen LogP contribution < -0.4 is 43.5 Å². The van der Waals surface area contributed by atoms with E-state index in [1.165, 1.54) is 17.4 Å². The number of nitriles is 1. The average Bonchev–Trinajstić information content (AvgIpc) is 1.63. The summed E-state index contributed by atoms with van der Waals surface area (Å²) in [4.78, 5) is 124. The molecule has 0 spiro atoms. The van der Waals surface area contributed by atoms with Crippen LogP contribution in [0.4, 0.5) is 0 Å². The Morgan fingerprint density at radius 2 is 0.709 bits per heavy atom. The van der Waals surface area contributed by atoms with Gasteiger partial charge in [0.15, 0.2) is 9.84 Å². The molecule has 7 aromatic carbocycles. The number of sulfone groups is 1. The summed E-state index contributed by atoms with van der Waals surface area (Å²) in [6.45, 7) is 37.7. The largest absolute Gasteiger partial charge is 0.348 e. The molecule has 0 radical (unpaired) electrons. The number of carbonyl (C=O) groups excluding carboxylic acids is 4. The molecule has 3 unspecified atom stereocenters. The molecule has 8 N–H and O–H groups in total. The van der Waals surface area contributed by atoms with Crippen molar-refractivity contribution in [2.24, 2.45) is 0 Å². The molecule has 25 nitrogen and oxygen atoms in total. The summed E-state index contributed by atoms with van der Waals surface area (Å²) >= 11 is 0. The summed E-state index contributed by atoms with van der Waals surface area (Å²) in [7, 11) is -3.28. The molecule has 0 aliphatic rings. The van der Waals surface area contributed by atoms with Gasteiger partial charge in [-0.05, 0) is 223 Å². The summed E-state index contributed by atoms with van der Waals surface area (Å²) in [5, 5.41) is 24.6. The number of hydrogen-bond donors (Lipinski definition) is 8. The lowest BCUT2D eigenvalue weighted by Gasteiger charge is -2.19. The second kappa shape index (κ2) is 40.7. The van der Waals surface area contributed by atoms with E-state index in [4.69, 9.17) is 4.98 Å². The molecule has 9 heterocycles. The first-order chi connectivity index (χ1) is 63.8. The van der Waals surface area contributed by atoms with Gasteiger partial charge in [0.25, 0.3) is 45.9 Å². The zero-order valence-corrected chi connectivity index (χ0v) is 80.3. The highest BCUT2D eigenvalue weighted by molar-refractivity contribution is 7.90. The number of nitrogens with zero attached hydrogens (tertiary/aromatic N) is 7. The van der Waals surface area contributed by atoms with Gasteiger partial charge < -0.3 is 59.5 Å². The molecule has 0 saturated heterocycles. The molecule has 0 saturated carbocycles. The van der Waals surface area contributed by atoms with Crippen molar-refractivity contribution >= 4 is 77.2 Å². The minimum Gasteiger partial charge on any atom is -0.348 e. The number of hydrogen-bond acceptors (Lipinski definition) is 13. The lowest BCUT2D eigenvalue weighted by Crippen LogP contribution is -2.28. The number of carbonyl (C=O) groups is 4. The molecule has 4 amide bonds. The number of rotatable bonds is 22. The van der Waals surface area contributed by atoms with E-state index in [0.717, 1.165) is 129 Å². The number of H-pyrrole nitrogens is 4. The second-order valence-corrected chi connectivity index (χ2v) is 37.1. The van der Waals surface area contributed by atoms with Crippen molar-refractivity contribution in [3.8, 4) is 6.07 Å². The van der Waals surface area contributed by atoms with Gasteiger partial charge in [-0.1, -0.05) is 159 Å². The van der Waals surface area contributed by atoms with Crippen LogP contribution in [0.1, 0.15) is 242 Å². The maximum absolute atomic E-state index is 13.4. The van der Waals surface area contributed by atoms with Crippen molar-refractivity contribution in [1.29, 1.82) is 5.26 Å². The van der Waals surface area contributed by atoms with Crippen LogP contribution >= 0.6 is 0 Å². The number of aromatic amines is 4. The minimum atomic E-state index is -3.28. The summed E-state index contributed by atoms with van der Waals surface area (Å²) in [5.74, 6) is -0.0111. The Hall–Kier alpha value is -15.1. The minimum absolute atomic E-state index is 0.0256. The first-order valence-corrected chi connectivity index (χ1v) is 46.6. The predicted molar refractivity (Wildman–Crippen MR) is 531 cm³/mol. The van der Waals surface area contributed by atoms with Crippen LogP contribution in [0.3, 0.4) is 0 Å². The number of fused-ring (bicyclic) bond motifs is 4. The predicted octanol–water partition coefficient (Wildman–Crippen LogP) is 18.7. The fraction of sp³-hybridized carbons (Fsp3) is 0.269. The van der Waals surface area contributed by atoms with Crippen molar-refractivity contribution in [3.63, 3.8) is 0 Å². The lowest BCUT2D eigenvalue weighted by molar-refractivity contribution is 0.0943. The quantitative estimate of drug-likeness (QED) is 0.0313. The van der Waals surface area contributed by atoms with E-state index in [2.05, 4.69) is 148 Å². The maximum atomic E-state index is 13.4. The van der Waals surface area contributed by atoms with Crippen molar-refractivity contribution in [1.82, 2.24) is 69.4 Å². The van der Waals surface area contributed by atoms with Crippen LogP contribution in [0.15, 0.2) is 230 Å². The number of para-hydroxylation sites is 3. The zero-order valence-electron chi connectivity index (χ0n) is 79.5. The van der Waals surface area contributed by atoms with E-state index in [1.54, 1.807) is 30.5 Å². The van der Waals surface area contributed by atoms with E-state index in [0.29, 0.717) is 55.5 Å². The fourth-order valence-corrected chi connectivity index (χ4v) is 19.1. The number of nitrogens with one attached hydrogen (secondary N) is 8. The van der Waals surface area contributed by atoms with Crippen LogP contribution in [-0.2, 0) is 36.0 Å². The Balaban J connectivity index is 0.000000152. The number of benzene rings is 7. The van der Waals surface area contributed by atoms with Gasteiger partial charge in [0.1, 0.15) is 11.5 Å². The number of pyridine rings is 4. The molecular formula is C108H115N15O10S. The van der Waals surface area contributed by atoms with E-state index < -0.39 is 9.84 Å². The Morgan fingerprint density at radius 1 is 0.381 bits per heavy atom. The van der Waals surface area contributed by atoms with Crippen LogP contribution in [0.2, 0.25) is 0 Å².